The molecule has 0 unspecified atom stereocenters. The predicted octanol–water partition coefficient (Wildman–Crippen LogP) is 2.72. The van der Waals surface area contributed by atoms with E-state index in [1.807, 2.05) is 0 Å². The summed E-state index contributed by atoms with van der Waals surface area (Å²) in [5, 5.41) is 22.3. The maximum absolute atomic E-state index is 10.8. The lowest BCUT2D eigenvalue weighted by atomic mass is 10.0. The van der Waals surface area contributed by atoms with Gasteiger partial charge in [0.05, 0.1) is 12.1 Å². The number of methoxy groups -OCH3 is 1. The van der Waals surface area contributed by atoms with E-state index in [-0.39, 0.29) is 28.0 Å². The number of hydrogen-bond donors (Lipinski definition) is 2. The van der Waals surface area contributed by atoms with Crippen LogP contribution >= 0.6 is 11.6 Å². The van der Waals surface area contributed by atoms with E-state index in [1.165, 1.54) is 19.2 Å². The number of carboxylic acid groups (broad SMARTS) is 1. The van der Waals surface area contributed by atoms with Crippen molar-refractivity contribution in [3.63, 3.8) is 0 Å². The maximum atomic E-state index is 10.8. The van der Waals surface area contributed by atoms with Gasteiger partial charge in [-0.1, -0.05) is 16.8 Å². The fraction of sp³-hybridized carbons (Fsp3) is 0.167. The first kappa shape index (κ1) is 13.2. The molecule has 0 aliphatic rings. The number of aryl methyl sites for hydroxylation is 1. The number of aromatic nitrogens is 1. The van der Waals surface area contributed by atoms with Crippen LogP contribution in [0.4, 0.5) is 0 Å². The number of carbonyl (C=O) groups is 1. The second kappa shape index (κ2) is 4.81. The van der Waals surface area contributed by atoms with Gasteiger partial charge in [0.1, 0.15) is 5.69 Å². The van der Waals surface area contributed by atoms with Gasteiger partial charge in [-0.3, -0.25) is 0 Å². The van der Waals surface area contributed by atoms with Crippen LogP contribution < -0.4 is 4.74 Å². The molecule has 2 N–H and O–H groups in total. The smallest absolute Gasteiger partial charge is 0.374 e. The van der Waals surface area contributed by atoms with Crippen molar-refractivity contribution in [2.45, 2.75) is 6.92 Å². The molecular formula is C12H10ClNO5. The zero-order chi connectivity index (χ0) is 14.2. The van der Waals surface area contributed by atoms with Gasteiger partial charge in [0.15, 0.2) is 11.5 Å². The number of benzene rings is 1. The summed E-state index contributed by atoms with van der Waals surface area (Å²) in [5.74, 6) is -1.52. The number of phenolic OH excluding ortho intramolecular Hbond substituents is 1. The van der Waals surface area contributed by atoms with Crippen LogP contribution in [0.3, 0.4) is 0 Å². The van der Waals surface area contributed by atoms with Crippen molar-refractivity contribution in [1.29, 1.82) is 0 Å². The third-order valence-corrected chi connectivity index (χ3v) is 2.94. The Morgan fingerprint density at radius 2 is 2.16 bits per heavy atom. The molecule has 7 heteroatoms. The Balaban J connectivity index is 2.64. The van der Waals surface area contributed by atoms with Gasteiger partial charge in [0.2, 0.25) is 5.76 Å². The summed E-state index contributed by atoms with van der Waals surface area (Å²) in [4.78, 5) is 10.8. The van der Waals surface area contributed by atoms with Gasteiger partial charge in [0, 0.05) is 11.6 Å². The van der Waals surface area contributed by atoms with Crippen LogP contribution in [-0.2, 0) is 0 Å². The number of halogens is 1. The van der Waals surface area contributed by atoms with E-state index >= 15 is 0 Å². The van der Waals surface area contributed by atoms with Crippen LogP contribution in [-0.4, -0.2) is 28.4 Å². The molecule has 0 fully saturated rings. The molecule has 19 heavy (non-hydrogen) atoms. The highest BCUT2D eigenvalue weighted by molar-refractivity contribution is 6.35. The zero-order valence-electron chi connectivity index (χ0n) is 10.1. The Kier molecular flexibility index (Phi) is 3.35. The predicted molar refractivity (Wildman–Crippen MR) is 66.9 cm³/mol. The highest BCUT2D eigenvalue weighted by Crippen LogP contribution is 2.43. The third-order valence-electron chi connectivity index (χ3n) is 2.58. The fourth-order valence-corrected chi connectivity index (χ4v) is 2.16. The van der Waals surface area contributed by atoms with Gasteiger partial charge in [-0.05, 0) is 18.6 Å². The number of hydrogen-bond acceptors (Lipinski definition) is 5. The van der Waals surface area contributed by atoms with Gasteiger partial charge in [-0.2, -0.15) is 0 Å². The molecular weight excluding hydrogens is 274 g/mol. The van der Waals surface area contributed by atoms with Crippen molar-refractivity contribution in [3.8, 4) is 22.8 Å². The fourth-order valence-electron chi connectivity index (χ4n) is 1.74. The second-order valence-corrected chi connectivity index (χ2v) is 4.19. The Hall–Kier alpha value is -2.21. The number of phenols is 1. The minimum atomic E-state index is -1.22. The lowest BCUT2D eigenvalue weighted by molar-refractivity contribution is 0.0652. The van der Waals surface area contributed by atoms with Gasteiger partial charge >= 0.3 is 5.97 Å². The number of carboxylic acids is 1. The summed E-state index contributed by atoms with van der Waals surface area (Å²) in [7, 11) is 1.37. The standard InChI is InChI=1S/C12H10ClNO5/c1-5-3-7(15)11(18-2)10(13)9(5)6-4-8(12(16)17)19-14-6/h3-4,15H,1-2H3,(H,16,17). The Morgan fingerprint density at radius 3 is 2.68 bits per heavy atom. The molecule has 6 nitrogen and oxygen atoms in total. The van der Waals surface area contributed by atoms with E-state index in [4.69, 9.17) is 21.4 Å². The Morgan fingerprint density at radius 1 is 1.47 bits per heavy atom. The number of rotatable bonds is 3. The molecule has 0 bridgehead atoms. The molecule has 1 heterocycles. The summed E-state index contributed by atoms with van der Waals surface area (Å²) in [6.07, 6.45) is 0. The second-order valence-electron chi connectivity index (χ2n) is 3.82. The lowest BCUT2D eigenvalue weighted by Crippen LogP contribution is -1.93. The molecule has 2 aromatic rings. The highest BCUT2D eigenvalue weighted by atomic mass is 35.5. The van der Waals surface area contributed by atoms with Crippen molar-refractivity contribution >= 4 is 17.6 Å². The molecule has 0 saturated carbocycles. The molecule has 0 spiro atoms. The molecule has 0 amide bonds. The maximum Gasteiger partial charge on any atom is 0.374 e. The molecule has 0 aliphatic heterocycles. The van der Waals surface area contributed by atoms with Crippen molar-refractivity contribution < 1.29 is 24.3 Å². The minimum absolute atomic E-state index is 0.0992. The molecule has 1 aromatic carbocycles. The van der Waals surface area contributed by atoms with Crippen molar-refractivity contribution in [2.75, 3.05) is 7.11 Å². The van der Waals surface area contributed by atoms with Crippen molar-refractivity contribution in [2.24, 2.45) is 0 Å². The number of ether oxygens (including phenoxy) is 1. The number of nitrogens with zero attached hydrogens (tertiary/aromatic N) is 1. The summed E-state index contributed by atoms with van der Waals surface area (Å²) >= 11 is 6.13. The quantitative estimate of drug-likeness (QED) is 0.899. The summed E-state index contributed by atoms with van der Waals surface area (Å²) < 4.78 is 9.67. The minimum Gasteiger partial charge on any atom is -0.504 e. The lowest BCUT2D eigenvalue weighted by Gasteiger charge is -2.11. The van der Waals surface area contributed by atoms with Crippen LogP contribution in [0.15, 0.2) is 16.7 Å². The van der Waals surface area contributed by atoms with E-state index in [9.17, 15) is 9.90 Å². The molecule has 100 valence electrons. The molecule has 2 rings (SSSR count). The summed E-state index contributed by atoms with van der Waals surface area (Å²) in [6.45, 7) is 1.70. The topological polar surface area (TPSA) is 92.8 Å². The highest BCUT2D eigenvalue weighted by Gasteiger charge is 2.21. The van der Waals surface area contributed by atoms with Gasteiger partial charge in [-0.25, -0.2) is 4.79 Å². The molecule has 0 saturated heterocycles. The first-order chi connectivity index (χ1) is 8.95. The van der Waals surface area contributed by atoms with Crippen molar-refractivity contribution in [3.05, 3.63) is 28.5 Å². The van der Waals surface area contributed by atoms with E-state index in [0.29, 0.717) is 11.1 Å². The summed E-state index contributed by atoms with van der Waals surface area (Å²) in [5.41, 5.74) is 1.33. The Bertz CT molecular complexity index is 650. The first-order valence-electron chi connectivity index (χ1n) is 5.22. The van der Waals surface area contributed by atoms with Gasteiger partial charge in [0.25, 0.3) is 0 Å². The van der Waals surface area contributed by atoms with Crippen LogP contribution in [0, 0.1) is 6.92 Å². The van der Waals surface area contributed by atoms with E-state index in [2.05, 4.69) is 9.68 Å². The van der Waals surface area contributed by atoms with E-state index in [1.54, 1.807) is 6.92 Å². The average Bonchev–Trinajstić information content (AvgIpc) is 2.78. The van der Waals surface area contributed by atoms with Gasteiger partial charge in [-0.15, -0.1) is 0 Å². The first-order valence-corrected chi connectivity index (χ1v) is 5.60. The largest absolute Gasteiger partial charge is 0.504 e. The molecule has 0 radical (unpaired) electrons. The number of aromatic hydroxyl groups is 1. The van der Waals surface area contributed by atoms with Crippen LogP contribution in [0.1, 0.15) is 16.1 Å². The number of aromatic carboxylic acids is 1. The molecule has 0 atom stereocenters. The zero-order valence-corrected chi connectivity index (χ0v) is 10.9. The average molecular weight is 284 g/mol. The normalized spacial score (nSPS) is 10.5. The third kappa shape index (κ3) is 2.22. The van der Waals surface area contributed by atoms with E-state index < -0.39 is 5.97 Å². The van der Waals surface area contributed by atoms with Crippen LogP contribution in [0.5, 0.6) is 11.5 Å². The van der Waals surface area contributed by atoms with Gasteiger partial charge < -0.3 is 19.5 Å². The van der Waals surface area contributed by atoms with Crippen LogP contribution in [0.25, 0.3) is 11.3 Å². The molecule has 0 aliphatic carbocycles. The van der Waals surface area contributed by atoms with Crippen molar-refractivity contribution in [1.82, 2.24) is 5.16 Å². The monoisotopic (exact) mass is 283 g/mol. The van der Waals surface area contributed by atoms with E-state index in [0.717, 1.165) is 0 Å². The molecule has 1 aromatic heterocycles. The summed E-state index contributed by atoms with van der Waals surface area (Å²) in [6, 6.07) is 2.71. The van der Waals surface area contributed by atoms with Crippen LogP contribution in [0.2, 0.25) is 5.02 Å². The Labute approximate surface area is 113 Å². The SMILES string of the molecule is COc1c(O)cc(C)c(-c2cc(C(=O)O)on2)c1Cl.